The van der Waals surface area contributed by atoms with Crippen LogP contribution >= 0.6 is 0 Å². The van der Waals surface area contributed by atoms with E-state index in [0.29, 0.717) is 25.8 Å². The summed E-state index contributed by atoms with van der Waals surface area (Å²) in [6.45, 7) is 0.444. The van der Waals surface area contributed by atoms with Crippen molar-refractivity contribution in [2.45, 2.75) is 49.6 Å². The number of carbonyl (C=O) groups is 2. The van der Waals surface area contributed by atoms with Gasteiger partial charge in [0.1, 0.15) is 11.6 Å². The minimum absolute atomic E-state index is 0.0968. The predicted molar refractivity (Wildman–Crippen MR) is 83.6 cm³/mol. The lowest BCUT2D eigenvalue weighted by Gasteiger charge is -2.25. The van der Waals surface area contributed by atoms with E-state index in [9.17, 15) is 14.7 Å². The average Bonchev–Trinajstić information content (AvgIpc) is 2.88. The van der Waals surface area contributed by atoms with Crippen molar-refractivity contribution in [1.82, 2.24) is 10.6 Å². The van der Waals surface area contributed by atoms with Gasteiger partial charge in [0.2, 0.25) is 5.91 Å². The standard InChI is InChI=1S/C13H26BN3O6/c1-23-8-10(15)11(18)17-9-6-13(12(19)20,16-7-9)4-2-3-5-14(21)22/h9-10,16,21-22H,2-8,15H2,1H3,(H,17,18)(H,19,20)/t9-,10?,13-/m1/s1. The molecule has 1 heterocycles. The van der Waals surface area contributed by atoms with Gasteiger partial charge in [0, 0.05) is 19.7 Å². The summed E-state index contributed by atoms with van der Waals surface area (Å²) in [4.78, 5) is 23.5. The molecule has 3 atom stereocenters. The molecule has 0 aromatic carbocycles. The minimum atomic E-state index is -1.37. The Labute approximate surface area is 135 Å². The highest BCUT2D eigenvalue weighted by molar-refractivity contribution is 6.40. The van der Waals surface area contributed by atoms with Crippen LogP contribution in [0.2, 0.25) is 6.32 Å². The first-order valence-electron chi connectivity index (χ1n) is 7.70. The number of rotatable bonds is 10. The van der Waals surface area contributed by atoms with E-state index in [1.165, 1.54) is 7.11 Å². The van der Waals surface area contributed by atoms with Crippen LogP contribution in [0.25, 0.3) is 0 Å². The van der Waals surface area contributed by atoms with Crippen molar-refractivity contribution in [1.29, 1.82) is 0 Å². The summed E-state index contributed by atoms with van der Waals surface area (Å²) < 4.78 is 4.82. The lowest BCUT2D eigenvalue weighted by atomic mass is 9.81. The normalized spacial score (nSPS) is 25.1. The first-order valence-corrected chi connectivity index (χ1v) is 7.70. The second-order valence-corrected chi connectivity index (χ2v) is 5.97. The molecule has 1 rings (SSSR count). The number of hydrogen-bond donors (Lipinski definition) is 6. The number of hydrogen-bond acceptors (Lipinski definition) is 7. The third kappa shape index (κ3) is 6.07. The molecule has 1 unspecified atom stereocenters. The van der Waals surface area contributed by atoms with Gasteiger partial charge < -0.3 is 30.9 Å². The van der Waals surface area contributed by atoms with Crippen LogP contribution in [-0.4, -0.2) is 72.0 Å². The number of nitrogens with two attached hydrogens (primary N) is 1. The second-order valence-electron chi connectivity index (χ2n) is 5.97. The van der Waals surface area contributed by atoms with Crippen LogP contribution in [-0.2, 0) is 14.3 Å². The number of carboxylic acids is 1. The number of ether oxygens (including phenoxy) is 1. The topological polar surface area (TPSA) is 154 Å². The molecule has 1 aliphatic heterocycles. The van der Waals surface area contributed by atoms with Crippen LogP contribution in [0, 0.1) is 0 Å². The fourth-order valence-corrected chi connectivity index (χ4v) is 2.76. The van der Waals surface area contributed by atoms with Gasteiger partial charge in [0.05, 0.1) is 6.61 Å². The highest BCUT2D eigenvalue weighted by Gasteiger charge is 2.45. The average molecular weight is 331 g/mol. The van der Waals surface area contributed by atoms with Gasteiger partial charge >= 0.3 is 13.1 Å². The number of aliphatic carboxylic acids is 1. The van der Waals surface area contributed by atoms with Crippen LogP contribution in [0.1, 0.15) is 25.7 Å². The lowest BCUT2D eigenvalue weighted by molar-refractivity contribution is -0.144. The Morgan fingerprint density at radius 1 is 1.48 bits per heavy atom. The number of unbranched alkanes of at least 4 members (excludes halogenated alkanes) is 1. The van der Waals surface area contributed by atoms with Gasteiger partial charge in [-0.05, 0) is 19.2 Å². The molecule has 7 N–H and O–H groups in total. The zero-order valence-electron chi connectivity index (χ0n) is 13.3. The zero-order chi connectivity index (χ0) is 17.5. The Balaban J connectivity index is 2.51. The first kappa shape index (κ1) is 19.9. The van der Waals surface area contributed by atoms with Crippen molar-refractivity contribution in [3.05, 3.63) is 0 Å². The Hall–Kier alpha value is -1.20. The number of amides is 1. The van der Waals surface area contributed by atoms with E-state index in [1.807, 2.05) is 0 Å². The van der Waals surface area contributed by atoms with Crippen LogP contribution in [0.15, 0.2) is 0 Å². The third-order valence-corrected chi connectivity index (χ3v) is 4.04. The van der Waals surface area contributed by atoms with Crippen LogP contribution in [0.4, 0.5) is 0 Å². The van der Waals surface area contributed by atoms with Gasteiger partial charge in [0.25, 0.3) is 0 Å². The highest BCUT2D eigenvalue weighted by atomic mass is 16.5. The van der Waals surface area contributed by atoms with Crippen molar-refractivity contribution >= 4 is 19.0 Å². The molecule has 0 saturated carbocycles. The van der Waals surface area contributed by atoms with Crippen molar-refractivity contribution in [3.8, 4) is 0 Å². The molecule has 1 fully saturated rings. The van der Waals surface area contributed by atoms with Crippen molar-refractivity contribution in [3.63, 3.8) is 0 Å². The van der Waals surface area contributed by atoms with Crippen molar-refractivity contribution in [2.24, 2.45) is 5.73 Å². The quantitative estimate of drug-likeness (QED) is 0.197. The molecule has 0 aromatic heterocycles. The Morgan fingerprint density at radius 3 is 2.74 bits per heavy atom. The highest BCUT2D eigenvalue weighted by Crippen LogP contribution is 2.26. The molecule has 0 aromatic rings. The van der Waals surface area contributed by atoms with Crippen LogP contribution < -0.4 is 16.4 Å². The largest absolute Gasteiger partial charge is 0.480 e. The van der Waals surface area contributed by atoms with E-state index < -0.39 is 24.7 Å². The minimum Gasteiger partial charge on any atom is -0.480 e. The first-order chi connectivity index (χ1) is 10.8. The zero-order valence-corrected chi connectivity index (χ0v) is 13.3. The summed E-state index contributed by atoms with van der Waals surface area (Å²) >= 11 is 0. The van der Waals surface area contributed by atoms with Gasteiger partial charge in [-0.15, -0.1) is 0 Å². The van der Waals surface area contributed by atoms with Gasteiger partial charge in [-0.3, -0.25) is 14.9 Å². The van der Waals surface area contributed by atoms with E-state index in [0.717, 1.165) is 0 Å². The molecule has 0 aliphatic carbocycles. The Kier molecular flexibility index (Phi) is 7.93. The number of carbonyl (C=O) groups excluding carboxylic acids is 1. The molecule has 0 spiro atoms. The fourth-order valence-electron chi connectivity index (χ4n) is 2.76. The second kappa shape index (κ2) is 9.19. The van der Waals surface area contributed by atoms with Crippen LogP contribution in [0.3, 0.4) is 0 Å². The molecule has 0 bridgehead atoms. The summed E-state index contributed by atoms with van der Waals surface area (Å²) in [5.41, 5.74) is 4.53. The third-order valence-electron chi connectivity index (χ3n) is 4.04. The number of methoxy groups -OCH3 is 1. The maximum absolute atomic E-state index is 11.9. The van der Waals surface area contributed by atoms with Crippen LogP contribution in [0.5, 0.6) is 0 Å². The molecule has 0 radical (unpaired) electrons. The van der Waals surface area contributed by atoms with Gasteiger partial charge in [-0.25, -0.2) is 0 Å². The molecule has 132 valence electrons. The molecule has 9 nitrogen and oxygen atoms in total. The maximum Gasteiger partial charge on any atom is 0.451 e. The number of carboxylic acid groups (broad SMARTS) is 1. The predicted octanol–water partition coefficient (Wildman–Crippen LogP) is -2.10. The molecular weight excluding hydrogens is 305 g/mol. The monoisotopic (exact) mass is 331 g/mol. The Morgan fingerprint density at radius 2 is 2.17 bits per heavy atom. The summed E-state index contributed by atoms with van der Waals surface area (Å²) in [7, 11) is 0.0740. The Bertz CT molecular complexity index is 411. The summed E-state index contributed by atoms with van der Waals surface area (Å²) in [6, 6.07) is -1.10. The summed E-state index contributed by atoms with van der Waals surface area (Å²) in [5.74, 6) is -1.34. The van der Waals surface area contributed by atoms with E-state index in [1.54, 1.807) is 0 Å². The molecular formula is C13H26BN3O6. The molecule has 1 aliphatic rings. The van der Waals surface area contributed by atoms with Gasteiger partial charge in [-0.2, -0.15) is 0 Å². The molecule has 1 amide bonds. The SMILES string of the molecule is COCC(N)C(=O)N[C@H]1CN[C@@](CCCCB(O)O)(C(=O)O)C1. The fraction of sp³-hybridized carbons (Fsp3) is 0.846. The smallest absolute Gasteiger partial charge is 0.451 e. The summed E-state index contributed by atoms with van der Waals surface area (Å²) in [6.07, 6.45) is 1.88. The van der Waals surface area contributed by atoms with Crippen molar-refractivity contribution < 1.29 is 29.5 Å². The number of nitrogens with one attached hydrogen (secondary N) is 2. The van der Waals surface area contributed by atoms with E-state index >= 15 is 0 Å². The molecule has 10 heteroatoms. The summed E-state index contributed by atoms with van der Waals surface area (Å²) in [5, 5.41) is 32.8. The lowest BCUT2D eigenvalue weighted by Crippen LogP contribution is -2.48. The molecule has 23 heavy (non-hydrogen) atoms. The molecule has 1 saturated heterocycles. The van der Waals surface area contributed by atoms with Crippen molar-refractivity contribution in [2.75, 3.05) is 20.3 Å². The van der Waals surface area contributed by atoms with Gasteiger partial charge in [-0.1, -0.05) is 12.8 Å². The van der Waals surface area contributed by atoms with Gasteiger partial charge in [0.15, 0.2) is 0 Å². The van der Waals surface area contributed by atoms with E-state index in [2.05, 4.69) is 10.6 Å². The van der Waals surface area contributed by atoms with E-state index in [4.69, 9.17) is 20.5 Å². The maximum atomic E-state index is 11.9. The van der Waals surface area contributed by atoms with E-state index in [-0.39, 0.29) is 31.3 Å².